The second-order valence-corrected chi connectivity index (χ2v) is 2.86. The van der Waals surface area contributed by atoms with Crippen molar-refractivity contribution < 1.29 is 9.84 Å². The third-order valence-electron chi connectivity index (χ3n) is 1.67. The van der Waals surface area contributed by atoms with E-state index >= 15 is 0 Å². The molecule has 2 N–H and O–H groups in total. The number of aliphatic hydroxyl groups excluding tert-OH is 1. The molecule has 0 bridgehead atoms. The van der Waals surface area contributed by atoms with Crippen molar-refractivity contribution in [1.82, 2.24) is 0 Å². The van der Waals surface area contributed by atoms with Crippen molar-refractivity contribution >= 4 is 5.69 Å². The summed E-state index contributed by atoms with van der Waals surface area (Å²) in [6, 6.07) is 9.77. The Bertz CT molecular complexity index is 226. The van der Waals surface area contributed by atoms with Crippen molar-refractivity contribution in [3.05, 3.63) is 30.3 Å². The second kappa shape index (κ2) is 5.56. The number of nitrogens with one attached hydrogen (secondary N) is 1. The Morgan fingerprint density at radius 2 is 2.08 bits per heavy atom. The zero-order chi connectivity index (χ0) is 9.52. The molecule has 1 rings (SSSR count). The van der Waals surface area contributed by atoms with Crippen molar-refractivity contribution in [3.8, 4) is 0 Å². The Morgan fingerprint density at radius 1 is 1.38 bits per heavy atom. The normalized spacial score (nSPS) is 12.5. The summed E-state index contributed by atoms with van der Waals surface area (Å²) >= 11 is 0. The molecule has 0 aliphatic heterocycles. The van der Waals surface area contributed by atoms with Gasteiger partial charge in [-0.25, -0.2) is 0 Å². The van der Waals surface area contributed by atoms with E-state index in [2.05, 4.69) is 5.32 Å². The minimum Gasteiger partial charge on any atom is -0.389 e. The van der Waals surface area contributed by atoms with Gasteiger partial charge in [-0.05, 0) is 12.1 Å². The fourth-order valence-electron chi connectivity index (χ4n) is 1.04. The summed E-state index contributed by atoms with van der Waals surface area (Å²) in [7, 11) is 1.58. The molecule has 0 unspecified atom stereocenters. The Kier molecular flexibility index (Phi) is 4.29. The Hall–Kier alpha value is -1.06. The molecule has 0 aliphatic rings. The number of aliphatic hydroxyl groups is 1. The Labute approximate surface area is 78.3 Å². The number of ether oxygens (including phenoxy) is 1. The molecular formula is C10H15NO2. The van der Waals surface area contributed by atoms with Crippen molar-refractivity contribution in [2.24, 2.45) is 0 Å². The predicted molar refractivity (Wildman–Crippen MR) is 52.8 cm³/mol. The van der Waals surface area contributed by atoms with Gasteiger partial charge in [-0.1, -0.05) is 18.2 Å². The highest BCUT2D eigenvalue weighted by atomic mass is 16.5. The average Bonchev–Trinajstić information content (AvgIpc) is 2.17. The Morgan fingerprint density at radius 3 is 2.69 bits per heavy atom. The minimum absolute atomic E-state index is 0.361. The smallest absolute Gasteiger partial charge is 0.0945 e. The van der Waals surface area contributed by atoms with Crippen LogP contribution in [0.25, 0.3) is 0 Å². The molecule has 13 heavy (non-hydrogen) atoms. The van der Waals surface area contributed by atoms with Crippen LogP contribution in [0.3, 0.4) is 0 Å². The lowest BCUT2D eigenvalue weighted by molar-refractivity contribution is 0.0727. The van der Waals surface area contributed by atoms with Gasteiger partial charge in [-0.2, -0.15) is 0 Å². The lowest BCUT2D eigenvalue weighted by atomic mass is 10.3. The highest BCUT2D eigenvalue weighted by molar-refractivity contribution is 5.42. The molecule has 1 atom stereocenters. The van der Waals surface area contributed by atoms with Gasteiger partial charge in [-0.15, -0.1) is 0 Å². The molecule has 0 fully saturated rings. The van der Waals surface area contributed by atoms with E-state index in [4.69, 9.17) is 4.74 Å². The van der Waals surface area contributed by atoms with E-state index in [1.54, 1.807) is 7.11 Å². The van der Waals surface area contributed by atoms with E-state index in [1.807, 2.05) is 30.3 Å². The van der Waals surface area contributed by atoms with Crippen LogP contribution in [-0.2, 0) is 4.74 Å². The maximum atomic E-state index is 9.32. The van der Waals surface area contributed by atoms with Crippen LogP contribution in [0.1, 0.15) is 0 Å². The molecule has 1 aromatic carbocycles. The topological polar surface area (TPSA) is 41.5 Å². The third-order valence-corrected chi connectivity index (χ3v) is 1.67. The molecule has 0 radical (unpaired) electrons. The fraction of sp³-hybridized carbons (Fsp3) is 0.400. The van der Waals surface area contributed by atoms with Crippen LogP contribution in [-0.4, -0.2) is 31.5 Å². The van der Waals surface area contributed by atoms with Crippen LogP contribution in [0.2, 0.25) is 0 Å². The monoisotopic (exact) mass is 181 g/mol. The maximum absolute atomic E-state index is 9.32. The van der Waals surface area contributed by atoms with Crippen molar-refractivity contribution in [2.45, 2.75) is 6.10 Å². The SMILES string of the molecule is COC[C@@H](O)CNc1ccccc1. The van der Waals surface area contributed by atoms with Crippen LogP contribution in [0.5, 0.6) is 0 Å². The van der Waals surface area contributed by atoms with Crippen LogP contribution < -0.4 is 5.32 Å². The summed E-state index contributed by atoms with van der Waals surface area (Å²) in [4.78, 5) is 0. The predicted octanol–water partition coefficient (Wildman–Crippen LogP) is 1.11. The molecule has 0 heterocycles. The zero-order valence-corrected chi connectivity index (χ0v) is 7.73. The van der Waals surface area contributed by atoms with Gasteiger partial charge in [0.05, 0.1) is 12.7 Å². The first-order chi connectivity index (χ1) is 6.33. The number of hydrogen-bond donors (Lipinski definition) is 2. The van der Waals surface area contributed by atoms with E-state index in [1.165, 1.54) is 0 Å². The summed E-state index contributed by atoms with van der Waals surface area (Å²) in [6.07, 6.45) is -0.454. The molecule has 0 saturated carbocycles. The van der Waals surface area contributed by atoms with Crippen molar-refractivity contribution in [3.63, 3.8) is 0 Å². The quantitative estimate of drug-likeness (QED) is 0.715. The first-order valence-electron chi connectivity index (χ1n) is 4.29. The lowest BCUT2D eigenvalue weighted by Gasteiger charge is -2.11. The number of hydrogen-bond acceptors (Lipinski definition) is 3. The van der Waals surface area contributed by atoms with Crippen molar-refractivity contribution in [1.29, 1.82) is 0 Å². The molecular weight excluding hydrogens is 166 g/mol. The standard InChI is InChI=1S/C10H15NO2/c1-13-8-10(12)7-11-9-5-3-2-4-6-9/h2-6,10-12H,7-8H2,1H3/t10-/m0/s1. The van der Waals surface area contributed by atoms with Crippen LogP contribution >= 0.6 is 0 Å². The van der Waals surface area contributed by atoms with Gasteiger partial charge < -0.3 is 15.2 Å². The molecule has 0 aliphatic carbocycles. The highest BCUT2D eigenvalue weighted by Gasteiger charge is 2.01. The van der Waals surface area contributed by atoms with Gasteiger partial charge in [0, 0.05) is 19.3 Å². The molecule has 3 heteroatoms. The second-order valence-electron chi connectivity index (χ2n) is 2.86. The largest absolute Gasteiger partial charge is 0.389 e. The Balaban J connectivity index is 2.27. The number of para-hydroxylation sites is 1. The van der Waals surface area contributed by atoms with Gasteiger partial charge in [0.2, 0.25) is 0 Å². The van der Waals surface area contributed by atoms with E-state index in [-0.39, 0.29) is 0 Å². The van der Waals surface area contributed by atoms with Crippen LogP contribution in [0.4, 0.5) is 5.69 Å². The van der Waals surface area contributed by atoms with Crippen molar-refractivity contribution in [2.75, 3.05) is 25.6 Å². The first kappa shape index (κ1) is 10.0. The number of rotatable bonds is 5. The summed E-state index contributed by atoms with van der Waals surface area (Å²) < 4.78 is 4.80. The number of anilines is 1. The van der Waals surface area contributed by atoms with Gasteiger partial charge in [-0.3, -0.25) is 0 Å². The lowest BCUT2D eigenvalue weighted by Crippen LogP contribution is -2.24. The molecule has 0 amide bonds. The zero-order valence-electron chi connectivity index (χ0n) is 7.73. The van der Waals surface area contributed by atoms with Gasteiger partial charge in [0.25, 0.3) is 0 Å². The summed E-state index contributed by atoms with van der Waals surface area (Å²) in [5, 5.41) is 12.4. The molecule has 0 spiro atoms. The van der Waals surface area contributed by atoms with E-state index in [0.717, 1.165) is 5.69 Å². The van der Waals surface area contributed by atoms with E-state index in [9.17, 15) is 5.11 Å². The summed E-state index contributed by atoms with van der Waals surface area (Å²) in [6.45, 7) is 0.873. The molecule has 1 aromatic rings. The number of methoxy groups -OCH3 is 1. The summed E-state index contributed by atoms with van der Waals surface area (Å²) in [5.41, 5.74) is 1.01. The first-order valence-corrected chi connectivity index (χ1v) is 4.29. The van der Waals surface area contributed by atoms with Gasteiger partial charge in [0.1, 0.15) is 0 Å². The molecule has 0 saturated heterocycles. The van der Waals surface area contributed by atoms with Gasteiger partial charge >= 0.3 is 0 Å². The summed E-state index contributed by atoms with van der Waals surface area (Å²) in [5.74, 6) is 0. The molecule has 72 valence electrons. The molecule has 3 nitrogen and oxygen atoms in total. The number of benzene rings is 1. The van der Waals surface area contributed by atoms with E-state index in [0.29, 0.717) is 13.2 Å². The van der Waals surface area contributed by atoms with Gasteiger partial charge in [0.15, 0.2) is 0 Å². The highest BCUT2D eigenvalue weighted by Crippen LogP contribution is 2.04. The third kappa shape index (κ3) is 3.92. The fourth-order valence-corrected chi connectivity index (χ4v) is 1.04. The van der Waals surface area contributed by atoms with E-state index < -0.39 is 6.10 Å². The average molecular weight is 181 g/mol. The molecule has 0 aromatic heterocycles. The van der Waals surface area contributed by atoms with Crippen LogP contribution in [0.15, 0.2) is 30.3 Å². The van der Waals surface area contributed by atoms with Crippen LogP contribution in [0, 0.1) is 0 Å². The maximum Gasteiger partial charge on any atom is 0.0945 e. The minimum atomic E-state index is -0.454.